The molecule has 1 aromatic heterocycles. The van der Waals surface area contributed by atoms with Crippen LogP contribution in [0.3, 0.4) is 0 Å². The van der Waals surface area contributed by atoms with E-state index in [4.69, 9.17) is 5.26 Å². The molecule has 0 fully saturated rings. The van der Waals surface area contributed by atoms with Crippen LogP contribution in [0.2, 0.25) is 0 Å². The van der Waals surface area contributed by atoms with Crippen LogP contribution in [-0.4, -0.2) is 9.55 Å². The molecule has 4 heteroatoms. The van der Waals surface area contributed by atoms with Gasteiger partial charge >= 0.3 is 0 Å². The lowest BCUT2D eigenvalue weighted by molar-refractivity contribution is 0.628. The minimum atomic E-state index is -0.290. The largest absolute Gasteiger partial charge is 0.330 e. The first-order chi connectivity index (χ1) is 7.72. The molecule has 0 aliphatic heterocycles. The number of rotatable bonds is 2. The number of imidazole rings is 1. The Morgan fingerprint density at radius 3 is 3.00 bits per heavy atom. The van der Waals surface area contributed by atoms with Gasteiger partial charge in [0.05, 0.1) is 18.2 Å². The molecule has 16 heavy (non-hydrogen) atoms. The van der Waals surface area contributed by atoms with Gasteiger partial charge in [-0.2, -0.15) is 5.26 Å². The third kappa shape index (κ3) is 1.80. The third-order valence-electron chi connectivity index (χ3n) is 2.43. The normalized spacial score (nSPS) is 10.1. The summed E-state index contributed by atoms with van der Waals surface area (Å²) in [5, 5.41) is 8.62. The van der Waals surface area contributed by atoms with Crippen LogP contribution >= 0.6 is 0 Å². The van der Waals surface area contributed by atoms with E-state index >= 15 is 0 Å². The van der Waals surface area contributed by atoms with Crippen LogP contribution in [0.4, 0.5) is 4.39 Å². The maximum absolute atomic E-state index is 13.1. The van der Waals surface area contributed by atoms with Gasteiger partial charge in [-0.1, -0.05) is 12.1 Å². The number of halogens is 1. The SMILES string of the molecule is Cn1c(CC#N)cnc1-c1cccc(F)c1. The van der Waals surface area contributed by atoms with E-state index in [0.717, 1.165) is 5.69 Å². The predicted octanol–water partition coefficient (Wildman–Crippen LogP) is 2.29. The molecule has 1 aromatic carbocycles. The standard InChI is InChI=1S/C12H10FN3/c1-16-11(5-6-14)8-15-12(16)9-3-2-4-10(13)7-9/h2-4,7-8H,5H2,1H3. The summed E-state index contributed by atoms with van der Waals surface area (Å²) in [5.41, 5.74) is 1.54. The Balaban J connectivity index is 2.46. The third-order valence-corrected chi connectivity index (χ3v) is 2.43. The number of nitrogens with zero attached hydrogens (tertiary/aromatic N) is 3. The van der Waals surface area contributed by atoms with Gasteiger partial charge in [-0.3, -0.25) is 0 Å². The molecular formula is C12H10FN3. The summed E-state index contributed by atoms with van der Waals surface area (Å²) in [6.45, 7) is 0. The summed E-state index contributed by atoms with van der Waals surface area (Å²) in [7, 11) is 1.82. The smallest absolute Gasteiger partial charge is 0.139 e. The number of aromatic nitrogens is 2. The maximum atomic E-state index is 13.1. The number of hydrogen-bond acceptors (Lipinski definition) is 2. The van der Waals surface area contributed by atoms with E-state index in [2.05, 4.69) is 11.1 Å². The van der Waals surface area contributed by atoms with Crippen molar-refractivity contribution >= 4 is 0 Å². The van der Waals surface area contributed by atoms with Crippen LogP contribution < -0.4 is 0 Å². The van der Waals surface area contributed by atoms with Gasteiger partial charge in [0.2, 0.25) is 0 Å². The molecule has 0 unspecified atom stereocenters. The number of nitriles is 1. The molecule has 0 aliphatic rings. The second kappa shape index (κ2) is 4.15. The van der Waals surface area contributed by atoms with Gasteiger partial charge < -0.3 is 4.57 Å². The molecule has 0 N–H and O–H groups in total. The molecular weight excluding hydrogens is 205 g/mol. The Hall–Kier alpha value is -2.15. The average molecular weight is 215 g/mol. The Kier molecular flexibility index (Phi) is 2.69. The molecule has 3 nitrogen and oxygen atoms in total. The Morgan fingerprint density at radius 1 is 1.50 bits per heavy atom. The van der Waals surface area contributed by atoms with Gasteiger partial charge in [0.15, 0.2) is 0 Å². The van der Waals surface area contributed by atoms with Gasteiger partial charge in [0.1, 0.15) is 11.6 Å². The van der Waals surface area contributed by atoms with Gasteiger partial charge in [-0.05, 0) is 12.1 Å². The minimum Gasteiger partial charge on any atom is -0.330 e. The van der Waals surface area contributed by atoms with Crippen molar-refractivity contribution in [3.05, 3.63) is 42.0 Å². The zero-order valence-corrected chi connectivity index (χ0v) is 8.81. The van der Waals surface area contributed by atoms with E-state index < -0.39 is 0 Å². The van der Waals surface area contributed by atoms with Crippen molar-refractivity contribution in [1.29, 1.82) is 5.26 Å². The lowest BCUT2D eigenvalue weighted by Gasteiger charge is -2.03. The van der Waals surface area contributed by atoms with Crippen LogP contribution in [0.15, 0.2) is 30.5 Å². The van der Waals surface area contributed by atoms with Crippen molar-refractivity contribution in [1.82, 2.24) is 9.55 Å². The topological polar surface area (TPSA) is 41.6 Å². The minimum absolute atomic E-state index is 0.290. The highest BCUT2D eigenvalue weighted by atomic mass is 19.1. The van der Waals surface area contributed by atoms with E-state index in [-0.39, 0.29) is 5.82 Å². The molecule has 80 valence electrons. The zero-order valence-electron chi connectivity index (χ0n) is 8.81. The van der Waals surface area contributed by atoms with Crippen molar-refractivity contribution in [3.8, 4) is 17.5 Å². The molecule has 0 spiro atoms. The molecule has 0 radical (unpaired) electrons. The number of benzene rings is 1. The van der Waals surface area contributed by atoms with Crippen molar-refractivity contribution in [3.63, 3.8) is 0 Å². The molecule has 0 atom stereocenters. The van der Waals surface area contributed by atoms with E-state index in [1.165, 1.54) is 12.1 Å². The van der Waals surface area contributed by atoms with Gasteiger partial charge in [-0.25, -0.2) is 9.37 Å². The van der Waals surface area contributed by atoms with Crippen LogP contribution in [0.5, 0.6) is 0 Å². The summed E-state index contributed by atoms with van der Waals surface area (Å²) in [6.07, 6.45) is 1.95. The lowest BCUT2D eigenvalue weighted by atomic mass is 10.2. The molecule has 2 aromatic rings. The van der Waals surface area contributed by atoms with E-state index in [9.17, 15) is 4.39 Å². The van der Waals surface area contributed by atoms with Crippen molar-refractivity contribution < 1.29 is 4.39 Å². The fourth-order valence-corrected chi connectivity index (χ4v) is 1.59. The fourth-order valence-electron chi connectivity index (χ4n) is 1.59. The highest BCUT2D eigenvalue weighted by Crippen LogP contribution is 2.19. The average Bonchev–Trinajstić information content (AvgIpc) is 2.61. The van der Waals surface area contributed by atoms with Crippen molar-refractivity contribution in [2.45, 2.75) is 6.42 Å². The Morgan fingerprint density at radius 2 is 2.31 bits per heavy atom. The van der Waals surface area contributed by atoms with Crippen molar-refractivity contribution in [2.75, 3.05) is 0 Å². The molecule has 0 saturated carbocycles. The Labute approximate surface area is 92.8 Å². The highest BCUT2D eigenvalue weighted by molar-refractivity contribution is 5.56. The van der Waals surface area contributed by atoms with E-state index in [1.54, 1.807) is 22.9 Å². The van der Waals surface area contributed by atoms with E-state index in [1.807, 2.05) is 7.05 Å². The lowest BCUT2D eigenvalue weighted by Crippen LogP contribution is -1.97. The summed E-state index contributed by atoms with van der Waals surface area (Å²) in [5.74, 6) is 0.382. The summed E-state index contributed by atoms with van der Waals surface area (Å²) in [4.78, 5) is 4.19. The first-order valence-corrected chi connectivity index (χ1v) is 4.86. The van der Waals surface area contributed by atoms with Gasteiger partial charge in [0, 0.05) is 18.8 Å². The van der Waals surface area contributed by atoms with Gasteiger partial charge in [0.25, 0.3) is 0 Å². The molecule has 2 rings (SSSR count). The second-order valence-electron chi connectivity index (χ2n) is 3.48. The van der Waals surface area contributed by atoms with Crippen LogP contribution in [0.1, 0.15) is 5.69 Å². The van der Waals surface area contributed by atoms with Crippen LogP contribution in [-0.2, 0) is 13.5 Å². The molecule has 0 saturated heterocycles. The molecule has 0 amide bonds. The predicted molar refractivity (Wildman–Crippen MR) is 57.9 cm³/mol. The summed E-state index contributed by atoms with van der Waals surface area (Å²) in [6, 6.07) is 8.32. The first-order valence-electron chi connectivity index (χ1n) is 4.86. The maximum Gasteiger partial charge on any atom is 0.139 e. The van der Waals surface area contributed by atoms with Crippen LogP contribution in [0, 0.1) is 17.1 Å². The monoisotopic (exact) mass is 215 g/mol. The highest BCUT2D eigenvalue weighted by Gasteiger charge is 2.08. The quantitative estimate of drug-likeness (QED) is 0.771. The molecule has 0 bridgehead atoms. The summed E-state index contributed by atoms with van der Waals surface area (Å²) < 4.78 is 14.9. The summed E-state index contributed by atoms with van der Waals surface area (Å²) >= 11 is 0. The van der Waals surface area contributed by atoms with Crippen molar-refractivity contribution in [2.24, 2.45) is 7.05 Å². The second-order valence-corrected chi connectivity index (χ2v) is 3.48. The van der Waals surface area contributed by atoms with E-state index in [0.29, 0.717) is 17.8 Å². The van der Waals surface area contributed by atoms with Gasteiger partial charge in [-0.15, -0.1) is 0 Å². The molecule has 0 aliphatic carbocycles. The first kappa shape index (κ1) is 10.4. The fraction of sp³-hybridized carbons (Fsp3) is 0.167. The Bertz CT molecular complexity index is 552. The number of hydrogen-bond donors (Lipinski definition) is 0. The molecule has 1 heterocycles. The van der Waals surface area contributed by atoms with Crippen LogP contribution in [0.25, 0.3) is 11.4 Å². The zero-order chi connectivity index (χ0) is 11.5.